The van der Waals surface area contributed by atoms with Gasteiger partial charge in [-0.05, 0) is 50.6 Å². The zero-order chi connectivity index (χ0) is 19.5. The lowest BCUT2D eigenvalue weighted by Gasteiger charge is -2.28. The van der Waals surface area contributed by atoms with Crippen molar-refractivity contribution in [1.82, 2.24) is 10.6 Å². The number of hydrogen-bond acceptors (Lipinski definition) is 4. The first kappa shape index (κ1) is 21.6. The number of thiophene rings is 1. The number of benzene rings is 2. The molecule has 4 rings (SSSR count). The van der Waals surface area contributed by atoms with Crippen molar-refractivity contribution in [2.75, 3.05) is 6.54 Å². The number of carbonyl (C=O) groups is 1. The Kier molecular flexibility index (Phi) is 7.11. The van der Waals surface area contributed by atoms with Gasteiger partial charge in [-0.1, -0.05) is 24.3 Å². The average Bonchev–Trinajstić information content (AvgIpc) is 3.07. The third kappa shape index (κ3) is 4.89. The van der Waals surface area contributed by atoms with E-state index in [9.17, 15) is 9.18 Å². The number of rotatable bonds is 5. The number of amides is 1. The highest BCUT2D eigenvalue weighted by Crippen LogP contribution is 2.34. The smallest absolute Gasteiger partial charge is 0.262 e. The van der Waals surface area contributed by atoms with Gasteiger partial charge in [-0.3, -0.25) is 4.79 Å². The van der Waals surface area contributed by atoms with Gasteiger partial charge < -0.3 is 15.4 Å². The van der Waals surface area contributed by atoms with Crippen molar-refractivity contribution >= 4 is 39.7 Å². The molecule has 0 spiro atoms. The van der Waals surface area contributed by atoms with Gasteiger partial charge in [-0.15, -0.1) is 23.7 Å². The standard InChI is InChI=1S/C22H23FN2O2S.ClH/c1-14-12-15(10-11-24-14)25-22(26)21-17(13-27-16-6-3-2-4-7-16)20-18(23)8-5-9-19(20)28-21;/h2-9,14-15,24H,10-13H2,1H3,(H,25,26);1H. The normalized spacial score (nSPS) is 18.8. The molecule has 1 fully saturated rings. The van der Waals surface area contributed by atoms with Crippen LogP contribution < -0.4 is 15.4 Å². The quantitative estimate of drug-likeness (QED) is 0.599. The second-order valence-electron chi connectivity index (χ2n) is 7.17. The van der Waals surface area contributed by atoms with Crippen molar-refractivity contribution in [2.45, 2.75) is 38.5 Å². The number of para-hydroxylation sites is 1. The molecule has 1 aromatic heterocycles. The van der Waals surface area contributed by atoms with Crippen LogP contribution >= 0.6 is 23.7 Å². The van der Waals surface area contributed by atoms with Crippen LogP contribution in [0.5, 0.6) is 5.75 Å². The minimum Gasteiger partial charge on any atom is -0.489 e. The Labute approximate surface area is 179 Å². The Balaban J connectivity index is 0.00000240. The predicted octanol–water partition coefficient (Wildman–Crippen LogP) is 4.91. The molecule has 29 heavy (non-hydrogen) atoms. The van der Waals surface area contributed by atoms with E-state index < -0.39 is 0 Å². The molecule has 2 atom stereocenters. The summed E-state index contributed by atoms with van der Waals surface area (Å²) in [5.41, 5.74) is 0.612. The molecule has 7 heteroatoms. The molecule has 2 heterocycles. The van der Waals surface area contributed by atoms with Crippen LogP contribution in [0.15, 0.2) is 48.5 Å². The summed E-state index contributed by atoms with van der Waals surface area (Å²) in [5.74, 6) is 0.220. The van der Waals surface area contributed by atoms with Gasteiger partial charge in [0.05, 0.1) is 4.88 Å². The van der Waals surface area contributed by atoms with Crippen LogP contribution in [0.4, 0.5) is 4.39 Å². The van der Waals surface area contributed by atoms with E-state index >= 15 is 0 Å². The number of fused-ring (bicyclic) bond motifs is 1. The maximum absolute atomic E-state index is 14.6. The molecule has 4 nitrogen and oxygen atoms in total. The molecule has 2 N–H and O–H groups in total. The summed E-state index contributed by atoms with van der Waals surface area (Å²) < 4.78 is 21.2. The molecule has 1 aliphatic rings. The Bertz CT molecular complexity index is 980. The van der Waals surface area contributed by atoms with E-state index in [-0.39, 0.29) is 36.8 Å². The third-order valence-electron chi connectivity index (χ3n) is 5.05. The average molecular weight is 435 g/mol. The molecule has 1 aliphatic heterocycles. The van der Waals surface area contributed by atoms with Crippen molar-refractivity contribution in [3.05, 3.63) is 64.8 Å². The number of piperidine rings is 1. The summed E-state index contributed by atoms with van der Waals surface area (Å²) in [7, 11) is 0. The first-order chi connectivity index (χ1) is 13.6. The molecule has 0 bridgehead atoms. The number of nitrogens with one attached hydrogen (secondary N) is 2. The van der Waals surface area contributed by atoms with Crippen molar-refractivity contribution in [2.24, 2.45) is 0 Å². The Morgan fingerprint density at radius 3 is 2.79 bits per heavy atom. The Morgan fingerprint density at radius 2 is 2.03 bits per heavy atom. The topological polar surface area (TPSA) is 50.4 Å². The SMILES string of the molecule is CC1CC(NC(=O)c2sc3cccc(F)c3c2COc2ccccc2)CCN1.Cl. The maximum atomic E-state index is 14.6. The predicted molar refractivity (Wildman–Crippen MR) is 118 cm³/mol. The molecule has 154 valence electrons. The fourth-order valence-electron chi connectivity index (χ4n) is 3.67. The van der Waals surface area contributed by atoms with E-state index in [1.807, 2.05) is 36.4 Å². The molecule has 2 aromatic carbocycles. The summed E-state index contributed by atoms with van der Waals surface area (Å²) in [6.07, 6.45) is 1.78. The van der Waals surface area contributed by atoms with E-state index in [1.165, 1.54) is 17.4 Å². The number of halogens is 2. The first-order valence-electron chi connectivity index (χ1n) is 9.54. The van der Waals surface area contributed by atoms with E-state index in [1.54, 1.807) is 6.07 Å². The van der Waals surface area contributed by atoms with E-state index in [0.29, 0.717) is 27.6 Å². The highest BCUT2D eigenvalue weighted by Gasteiger charge is 2.25. The maximum Gasteiger partial charge on any atom is 0.262 e. The molecular formula is C22H24ClFN2O2S. The van der Waals surface area contributed by atoms with Gasteiger partial charge in [0.2, 0.25) is 0 Å². The third-order valence-corrected chi connectivity index (χ3v) is 6.25. The number of hydrogen-bond donors (Lipinski definition) is 2. The van der Waals surface area contributed by atoms with E-state index in [2.05, 4.69) is 17.6 Å². The second kappa shape index (κ2) is 9.57. The lowest BCUT2D eigenvalue weighted by molar-refractivity contribution is 0.0927. The first-order valence-corrected chi connectivity index (χ1v) is 10.4. The molecule has 3 aromatic rings. The monoisotopic (exact) mass is 434 g/mol. The van der Waals surface area contributed by atoms with Crippen LogP contribution in [0.3, 0.4) is 0 Å². The number of carbonyl (C=O) groups excluding carboxylic acids is 1. The van der Waals surface area contributed by atoms with Crippen molar-refractivity contribution in [3.8, 4) is 5.75 Å². The zero-order valence-electron chi connectivity index (χ0n) is 16.1. The molecule has 0 saturated carbocycles. The van der Waals surface area contributed by atoms with Crippen molar-refractivity contribution < 1.29 is 13.9 Å². The molecule has 1 amide bonds. The largest absolute Gasteiger partial charge is 0.489 e. The fourth-order valence-corrected chi connectivity index (χ4v) is 4.80. The van der Waals surface area contributed by atoms with Crippen LogP contribution in [-0.4, -0.2) is 24.5 Å². The zero-order valence-corrected chi connectivity index (χ0v) is 17.7. The molecule has 2 unspecified atom stereocenters. The van der Waals surface area contributed by atoms with Crippen LogP contribution in [0.1, 0.15) is 35.0 Å². The van der Waals surface area contributed by atoms with Crippen LogP contribution in [0, 0.1) is 5.82 Å². The minimum atomic E-state index is -0.324. The highest BCUT2D eigenvalue weighted by atomic mass is 35.5. The molecule has 1 saturated heterocycles. The molecule has 0 aliphatic carbocycles. The molecule has 0 radical (unpaired) electrons. The van der Waals surface area contributed by atoms with Gasteiger partial charge in [0.15, 0.2) is 0 Å². The number of ether oxygens (including phenoxy) is 1. The van der Waals surface area contributed by atoms with Gasteiger partial charge in [-0.25, -0.2) is 4.39 Å². The lowest BCUT2D eigenvalue weighted by Crippen LogP contribution is -2.46. The Morgan fingerprint density at radius 1 is 1.24 bits per heavy atom. The van der Waals surface area contributed by atoms with Gasteiger partial charge in [-0.2, -0.15) is 0 Å². The second-order valence-corrected chi connectivity index (χ2v) is 8.23. The van der Waals surface area contributed by atoms with Gasteiger partial charge in [0.1, 0.15) is 18.2 Å². The summed E-state index contributed by atoms with van der Waals surface area (Å²) in [4.78, 5) is 13.6. The van der Waals surface area contributed by atoms with E-state index in [4.69, 9.17) is 4.74 Å². The van der Waals surface area contributed by atoms with Gasteiger partial charge >= 0.3 is 0 Å². The molecular weight excluding hydrogens is 411 g/mol. The van der Waals surface area contributed by atoms with Gasteiger partial charge in [0.25, 0.3) is 5.91 Å². The highest BCUT2D eigenvalue weighted by molar-refractivity contribution is 7.21. The summed E-state index contributed by atoms with van der Waals surface area (Å²) >= 11 is 1.32. The van der Waals surface area contributed by atoms with Crippen LogP contribution in [-0.2, 0) is 6.61 Å². The van der Waals surface area contributed by atoms with Gasteiger partial charge in [0, 0.05) is 27.7 Å². The van der Waals surface area contributed by atoms with Crippen molar-refractivity contribution in [3.63, 3.8) is 0 Å². The summed E-state index contributed by atoms with van der Waals surface area (Å²) in [5, 5.41) is 7.00. The Hall–Kier alpha value is -2.15. The van der Waals surface area contributed by atoms with Crippen LogP contribution in [0.2, 0.25) is 0 Å². The minimum absolute atomic E-state index is 0. The summed E-state index contributed by atoms with van der Waals surface area (Å²) in [6.45, 7) is 3.15. The van der Waals surface area contributed by atoms with E-state index in [0.717, 1.165) is 24.1 Å². The lowest BCUT2D eigenvalue weighted by atomic mass is 10.0. The van der Waals surface area contributed by atoms with Crippen LogP contribution in [0.25, 0.3) is 10.1 Å². The van der Waals surface area contributed by atoms with Crippen molar-refractivity contribution in [1.29, 1.82) is 0 Å². The summed E-state index contributed by atoms with van der Waals surface area (Å²) in [6, 6.07) is 14.8. The fraction of sp³-hybridized carbons (Fsp3) is 0.318.